The number of ether oxygens (including phenoxy) is 1. The summed E-state index contributed by atoms with van der Waals surface area (Å²) >= 11 is 0. The highest BCUT2D eigenvalue weighted by Gasteiger charge is 2.26. The second kappa shape index (κ2) is 4.28. The van der Waals surface area contributed by atoms with E-state index in [4.69, 9.17) is 9.84 Å². The van der Waals surface area contributed by atoms with Crippen molar-refractivity contribution in [3.63, 3.8) is 0 Å². The Morgan fingerprint density at radius 1 is 1.71 bits per heavy atom. The second-order valence-electron chi connectivity index (χ2n) is 3.53. The first kappa shape index (κ1) is 11.2. The second-order valence-corrected chi connectivity index (χ2v) is 3.53. The number of carboxylic acid groups (broad SMARTS) is 1. The third-order valence-corrected chi connectivity index (χ3v) is 2.41. The normalized spacial score (nSPS) is 13.9. The van der Waals surface area contributed by atoms with Gasteiger partial charge in [-0.05, 0) is 6.07 Å². The van der Waals surface area contributed by atoms with Crippen LogP contribution in [-0.4, -0.2) is 40.6 Å². The Morgan fingerprint density at radius 3 is 3.12 bits per heavy atom. The van der Waals surface area contributed by atoms with E-state index in [9.17, 15) is 9.59 Å². The highest BCUT2D eigenvalue weighted by atomic mass is 16.5. The predicted octanol–water partition coefficient (Wildman–Crippen LogP) is 0.522. The molecule has 1 aliphatic rings. The van der Waals surface area contributed by atoms with Gasteiger partial charge >= 0.3 is 12.0 Å². The first-order valence-electron chi connectivity index (χ1n) is 4.91. The number of aliphatic carboxylic acids is 1. The van der Waals surface area contributed by atoms with Crippen LogP contribution in [0, 0.1) is 0 Å². The van der Waals surface area contributed by atoms with Gasteiger partial charge in [0, 0.05) is 6.20 Å². The number of urea groups is 1. The molecular formula is C10H11N3O4. The van der Waals surface area contributed by atoms with E-state index in [2.05, 4.69) is 10.3 Å². The molecule has 0 saturated heterocycles. The van der Waals surface area contributed by atoms with Crippen LogP contribution in [0.3, 0.4) is 0 Å². The van der Waals surface area contributed by atoms with Crippen molar-refractivity contribution in [3.05, 3.63) is 17.8 Å². The van der Waals surface area contributed by atoms with Gasteiger partial charge in [-0.25, -0.2) is 9.78 Å². The van der Waals surface area contributed by atoms with Crippen molar-refractivity contribution in [2.24, 2.45) is 0 Å². The van der Waals surface area contributed by atoms with E-state index >= 15 is 0 Å². The highest BCUT2D eigenvalue weighted by Crippen LogP contribution is 2.29. The maximum atomic E-state index is 11.6. The third kappa shape index (κ3) is 2.12. The summed E-state index contributed by atoms with van der Waals surface area (Å²) in [6, 6.07) is 1.21. The number of carboxylic acids is 1. The molecule has 90 valence electrons. The van der Waals surface area contributed by atoms with Gasteiger partial charge in [-0.2, -0.15) is 0 Å². The smallest absolute Gasteiger partial charge is 0.323 e. The van der Waals surface area contributed by atoms with Crippen molar-refractivity contribution in [3.8, 4) is 5.88 Å². The minimum Gasteiger partial charge on any atom is -0.481 e. The molecule has 0 saturated carbocycles. The fraction of sp³-hybridized carbons (Fsp3) is 0.300. The number of carbonyl (C=O) groups excluding carboxylic acids is 1. The van der Waals surface area contributed by atoms with Gasteiger partial charge in [0.15, 0.2) is 0 Å². The number of nitrogens with one attached hydrogen (secondary N) is 1. The zero-order chi connectivity index (χ0) is 12.4. The number of anilines is 1. The van der Waals surface area contributed by atoms with Gasteiger partial charge in [0.05, 0.1) is 24.9 Å². The summed E-state index contributed by atoms with van der Waals surface area (Å²) in [6.45, 7) is -0.187. The number of nitrogens with zero attached hydrogens (tertiary/aromatic N) is 2. The minimum absolute atomic E-state index is 0.171. The van der Waals surface area contributed by atoms with Gasteiger partial charge in [-0.15, -0.1) is 0 Å². The number of pyridine rings is 1. The standard InChI is InChI=1S/C10H11N3O4/c1-17-9-6-4-13(5-8(14)15)10(16)12-7(6)2-3-11-9/h2-3H,4-5H2,1H3,(H,12,16)(H,14,15). The van der Waals surface area contributed by atoms with Crippen molar-refractivity contribution in [1.29, 1.82) is 0 Å². The Morgan fingerprint density at radius 2 is 2.47 bits per heavy atom. The molecule has 7 heteroatoms. The summed E-state index contributed by atoms with van der Waals surface area (Å²) in [5.74, 6) is -0.677. The maximum Gasteiger partial charge on any atom is 0.323 e. The molecule has 1 aliphatic heterocycles. The zero-order valence-electron chi connectivity index (χ0n) is 9.14. The van der Waals surface area contributed by atoms with Crippen LogP contribution in [0.5, 0.6) is 5.88 Å². The topological polar surface area (TPSA) is 91.8 Å². The number of hydrogen-bond acceptors (Lipinski definition) is 4. The molecule has 2 heterocycles. The molecule has 0 aromatic carbocycles. The summed E-state index contributed by atoms with van der Waals surface area (Å²) in [5, 5.41) is 11.3. The van der Waals surface area contributed by atoms with E-state index in [1.54, 1.807) is 6.07 Å². The van der Waals surface area contributed by atoms with E-state index < -0.39 is 12.0 Å². The molecule has 0 aliphatic carbocycles. The Bertz CT molecular complexity index is 475. The Balaban J connectivity index is 2.31. The van der Waals surface area contributed by atoms with Crippen molar-refractivity contribution in [2.75, 3.05) is 19.0 Å². The minimum atomic E-state index is -1.06. The van der Waals surface area contributed by atoms with Crippen LogP contribution >= 0.6 is 0 Å². The lowest BCUT2D eigenvalue weighted by Gasteiger charge is -2.28. The largest absolute Gasteiger partial charge is 0.481 e. The lowest BCUT2D eigenvalue weighted by Crippen LogP contribution is -2.41. The third-order valence-electron chi connectivity index (χ3n) is 2.41. The SMILES string of the molecule is COc1nccc2c1CN(CC(=O)O)C(=O)N2. The average molecular weight is 237 g/mol. The quantitative estimate of drug-likeness (QED) is 0.799. The molecule has 0 bridgehead atoms. The molecule has 1 aromatic heterocycles. The number of methoxy groups -OCH3 is 1. The summed E-state index contributed by atoms with van der Waals surface area (Å²) in [7, 11) is 1.47. The van der Waals surface area contributed by atoms with Crippen LogP contribution in [0.2, 0.25) is 0 Å². The number of hydrogen-bond donors (Lipinski definition) is 2. The summed E-state index contributed by atoms with van der Waals surface area (Å²) in [5.41, 5.74) is 1.28. The molecule has 7 nitrogen and oxygen atoms in total. The van der Waals surface area contributed by atoms with Crippen LogP contribution in [0.4, 0.5) is 10.5 Å². The first-order chi connectivity index (χ1) is 8.11. The predicted molar refractivity (Wildman–Crippen MR) is 57.9 cm³/mol. The molecule has 1 aromatic rings. The lowest BCUT2D eigenvalue weighted by atomic mass is 10.1. The molecule has 2 N–H and O–H groups in total. The van der Waals surface area contributed by atoms with E-state index in [0.29, 0.717) is 17.1 Å². The van der Waals surface area contributed by atoms with Crippen LogP contribution in [0.25, 0.3) is 0 Å². The van der Waals surface area contributed by atoms with Crippen LogP contribution in [-0.2, 0) is 11.3 Å². The van der Waals surface area contributed by atoms with Crippen molar-refractivity contribution in [2.45, 2.75) is 6.54 Å². The van der Waals surface area contributed by atoms with Gasteiger partial charge < -0.3 is 20.1 Å². The number of fused-ring (bicyclic) bond motifs is 1. The van der Waals surface area contributed by atoms with E-state index in [1.807, 2.05) is 0 Å². The molecular weight excluding hydrogens is 226 g/mol. The molecule has 0 radical (unpaired) electrons. The lowest BCUT2D eigenvalue weighted by molar-refractivity contribution is -0.137. The molecule has 0 unspecified atom stereocenters. The molecule has 0 spiro atoms. The van der Waals surface area contributed by atoms with Crippen LogP contribution in [0.15, 0.2) is 12.3 Å². The summed E-state index contributed by atoms with van der Waals surface area (Å²) in [4.78, 5) is 27.4. The van der Waals surface area contributed by atoms with Gasteiger partial charge in [-0.3, -0.25) is 4.79 Å². The number of carbonyl (C=O) groups is 2. The van der Waals surface area contributed by atoms with E-state index in [0.717, 1.165) is 0 Å². The van der Waals surface area contributed by atoms with Gasteiger partial charge in [-0.1, -0.05) is 0 Å². The van der Waals surface area contributed by atoms with Crippen LogP contribution < -0.4 is 10.1 Å². The highest BCUT2D eigenvalue weighted by molar-refractivity contribution is 5.94. The summed E-state index contributed by atoms with van der Waals surface area (Å²) in [6.07, 6.45) is 1.52. The van der Waals surface area contributed by atoms with E-state index in [-0.39, 0.29) is 13.1 Å². The molecule has 0 fully saturated rings. The number of amides is 2. The summed E-state index contributed by atoms with van der Waals surface area (Å²) < 4.78 is 5.06. The monoisotopic (exact) mass is 237 g/mol. The van der Waals surface area contributed by atoms with Gasteiger partial charge in [0.1, 0.15) is 6.54 Å². The van der Waals surface area contributed by atoms with Gasteiger partial charge in [0.25, 0.3) is 0 Å². The van der Waals surface area contributed by atoms with E-state index in [1.165, 1.54) is 18.2 Å². The fourth-order valence-electron chi connectivity index (χ4n) is 1.67. The number of aromatic nitrogens is 1. The van der Waals surface area contributed by atoms with Crippen molar-refractivity contribution >= 4 is 17.7 Å². The Kier molecular flexibility index (Phi) is 2.82. The molecule has 2 rings (SSSR count). The van der Waals surface area contributed by atoms with Crippen molar-refractivity contribution in [1.82, 2.24) is 9.88 Å². The first-order valence-corrected chi connectivity index (χ1v) is 4.91. The molecule has 2 amide bonds. The Hall–Kier alpha value is -2.31. The fourth-order valence-corrected chi connectivity index (χ4v) is 1.67. The Labute approximate surface area is 97.0 Å². The zero-order valence-corrected chi connectivity index (χ0v) is 9.14. The van der Waals surface area contributed by atoms with Crippen molar-refractivity contribution < 1.29 is 19.4 Å². The molecule has 0 atom stereocenters. The van der Waals surface area contributed by atoms with Gasteiger partial charge in [0.2, 0.25) is 5.88 Å². The average Bonchev–Trinajstić information content (AvgIpc) is 2.28. The molecule has 17 heavy (non-hydrogen) atoms. The number of rotatable bonds is 3. The van der Waals surface area contributed by atoms with Crippen LogP contribution in [0.1, 0.15) is 5.56 Å². The maximum absolute atomic E-state index is 11.6.